The topological polar surface area (TPSA) is 80.2 Å². The molecule has 0 radical (unpaired) electrons. The number of hydrogen-bond donors (Lipinski definition) is 1. The van der Waals surface area contributed by atoms with E-state index in [-0.39, 0.29) is 12.5 Å². The van der Waals surface area contributed by atoms with E-state index in [1.54, 1.807) is 17.6 Å². The molecule has 0 aromatic carbocycles. The quantitative estimate of drug-likeness (QED) is 0.904. The highest BCUT2D eigenvalue weighted by Crippen LogP contribution is 2.19. The number of aryl methyl sites for hydroxylation is 1. The van der Waals surface area contributed by atoms with Gasteiger partial charge in [-0.3, -0.25) is 10.1 Å². The molecule has 1 fully saturated rings. The van der Waals surface area contributed by atoms with Crippen LogP contribution in [0.5, 0.6) is 5.88 Å². The average Bonchev–Trinajstić information content (AvgIpc) is 3.06. The summed E-state index contributed by atoms with van der Waals surface area (Å²) in [6, 6.07) is 1.74. The number of carbonyl (C=O) groups excluding carboxylic acids is 1. The first kappa shape index (κ1) is 15.7. The van der Waals surface area contributed by atoms with E-state index in [0.717, 1.165) is 31.6 Å². The molecule has 3 rings (SSSR count). The van der Waals surface area contributed by atoms with Crippen LogP contribution in [0.3, 0.4) is 0 Å². The van der Waals surface area contributed by atoms with Gasteiger partial charge in [0.2, 0.25) is 11.8 Å². The Morgan fingerprint density at radius 2 is 2.17 bits per heavy atom. The Bertz CT molecular complexity index is 656. The van der Waals surface area contributed by atoms with Crippen LogP contribution < -0.4 is 15.0 Å². The van der Waals surface area contributed by atoms with E-state index < -0.39 is 0 Å². The van der Waals surface area contributed by atoms with Crippen molar-refractivity contribution in [3.63, 3.8) is 0 Å². The zero-order valence-corrected chi connectivity index (χ0v) is 13.8. The normalized spacial score (nSPS) is 14.6. The number of rotatable bonds is 5. The van der Waals surface area contributed by atoms with Gasteiger partial charge in [0.15, 0.2) is 11.7 Å². The molecule has 0 bridgehead atoms. The summed E-state index contributed by atoms with van der Waals surface area (Å²) in [5.74, 6) is 0.850. The van der Waals surface area contributed by atoms with E-state index in [1.807, 2.05) is 6.92 Å². The van der Waals surface area contributed by atoms with Crippen molar-refractivity contribution in [2.45, 2.75) is 26.2 Å². The molecular weight excluding hydrogens is 314 g/mol. The number of anilines is 2. The Kier molecular flexibility index (Phi) is 5.02. The molecule has 2 aromatic heterocycles. The molecule has 1 amide bonds. The lowest BCUT2D eigenvalue weighted by molar-refractivity contribution is -0.118. The third-order valence-corrected chi connectivity index (χ3v) is 4.18. The van der Waals surface area contributed by atoms with Crippen molar-refractivity contribution in [3.05, 3.63) is 23.3 Å². The molecule has 0 unspecified atom stereocenters. The zero-order chi connectivity index (χ0) is 16.1. The van der Waals surface area contributed by atoms with Crippen LogP contribution in [0.1, 0.15) is 25.0 Å². The van der Waals surface area contributed by atoms with Crippen molar-refractivity contribution in [2.75, 3.05) is 29.9 Å². The van der Waals surface area contributed by atoms with Crippen LogP contribution in [-0.2, 0) is 4.79 Å². The lowest BCUT2D eigenvalue weighted by atomic mass is 10.1. The molecule has 2 aromatic rings. The third kappa shape index (κ3) is 4.38. The van der Waals surface area contributed by atoms with Crippen molar-refractivity contribution in [1.29, 1.82) is 0 Å². The Morgan fingerprint density at radius 3 is 2.91 bits per heavy atom. The Hall–Kier alpha value is -2.22. The maximum Gasteiger partial charge on any atom is 0.264 e. The molecule has 8 heteroatoms. The summed E-state index contributed by atoms with van der Waals surface area (Å²) in [7, 11) is 0. The van der Waals surface area contributed by atoms with Crippen molar-refractivity contribution in [1.82, 2.24) is 15.0 Å². The van der Waals surface area contributed by atoms with Gasteiger partial charge in [0.25, 0.3) is 5.91 Å². The van der Waals surface area contributed by atoms with Crippen molar-refractivity contribution < 1.29 is 9.53 Å². The van der Waals surface area contributed by atoms with Gasteiger partial charge in [-0.1, -0.05) is 0 Å². The van der Waals surface area contributed by atoms with Crippen LogP contribution in [0.2, 0.25) is 0 Å². The Balaban J connectivity index is 1.60. The molecular formula is C15H19N5O2S. The minimum Gasteiger partial charge on any atom is -0.467 e. The van der Waals surface area contributed by atoms with Crippen molar-refractivity contribution >= 4 is 28.3 Å². The molecule has 0 saturated carbocycles. The monoisotopic (exact) mass is 333 g/mol. The van der Waals surface area contributed by atoms with Crippen molar-refractivity contribution in [3.8, 4) is 5.88 Å². The highest BCUT2D eigenvalue weighted by Gasteiger charge is 2.15. The van der Waals surface area contributed by atoms with Gasteiger partial charge in [-0.25, -0.2) is 9.97 Å². The summed E-state index contributed by atoms with van der Waals surface area (Å²) < 4.78 is 5.52. The summed E-state index contributed by atoms with van der Waals surface area (Å²) in [6.07, 6.45) is 5.20. The second-order valence-electron chi connectivity index (χ2n) is 5.37. The minimum atomic E-state index is -0.254. The van der Waals surface area contributed by atoms with Crippen LogP contribution in [-0.4, -0.2) is 40.6 Å². The number of nitrogens with zero attached hydrogens (tertiary/aromatic N) is 4. The van der Waals surface area contributed by atoms with Gasteiger partial charge in [-0.15, -0.1) is 11.3 Å². The highest BCUT2D eigenvalue weighted by molar-refractivity contribution is 7.13. The Morgan fingerprint density at radius 1 is 1.35 bits per heavy atom. The first-order chi connectivity index (χ1) is 11.2. The maximum absolute atomic E-state index is 11.8. The molecule has 122 valence electrons. The summed E-state index contributed by atoms with van der Waals surface area (Å²) >= 11 is 1.37. The second-order valence-corrected chi connectivity index (χ2v) is 6.26. The first-order valence-corrected chi connectivity index (χ1v) is 8.51. The van der Waals surface area contributed by atoms with E-state index >= 15 is 0 Å². The van der Waals surface area contributed by atoms with E-state index in [9.17, 15) is 4.79 Å². The lowest BCUT2D eigenvalue weighted by Gasteiger charge is -2.26. The largest absolute Gasteiger partial charge is 0.467 e. The van der Waals surface area contributed by atoms with Crippen LogP contribution in [0.25, 0.3) is 0 Å². The van der Waals surface area contributed by atoms with Crippen LogP contribution in [0, 0.1) is 6.92 Å². The third-order valence-electron chi connectivity index (χ3n) is 3.49. The fraction of sp³-hybridized carbons (Fsp3) is 0.467. The number of piperidine rings is 1. The lowest BCUT2D eigenvalue weighted by Crippen LogP contribution is -2.31. The standard InChI is InChI=1S/C15H19N5O2S/c1-11-9-13(19-14(17-11)20-6-3-2-4-7-20)22-10-12(21)18-15-16-5-8-23-15/h5,8-9H,2-4,6-7,10H2,1H3,(H,16,18,21). The molecule has 1 N–H and O–H groups in total. The van der Waals surface area contributed by atoms with E-state index in [1.165, 1.54) is 17.8 Å². The highest BCUT2D eigenvalue weighted by atomic mass is 32.1. The Labute approximate surface area is 138 Å². The van der Waals surface area contributed by atoms with Gasteiger partial charge < -0.3 is 9.64 Å². The smallest absolute Gasteiger partial charge is 0.264 e. The van der Waals surface area contributed by atoms with Crippen LogP contribution in [0.15, 0.2) is 17.6 Å². The predicted octanol–water partition coefficient (Wildman–Crippen LogP) is 2.25. The number of aromatic nitrogens is 3. The number of ether oxygens (including phenoxy) is 1. The number of amides is 1. The number of thiazole rings is 1. The second kappa shape index (κ2) is 7.36. The van der Waals surface area contributed by atoms with Crippen LogP contribution >= 0.6 is 11.3 Å². The van der Waals surface area contributed by atoms with Gasteiger partial charge in [0, 0.05) is 36.4 Å². The van der Waals surface area contributed by atoms with E-state index in [0.29, 0.717) is 17.0 Å². The van der Waals surface area contributed by atoms with Gasteiger partial charge >= 0.3 is 0 Å². The maximum atomic E-state index is 11.8. The van der Waals surface area contributed by atoms with E-state index in [2.05, 4.69) is 25.2 Å². The number of hydrogen-bond acceptors (Lipinski definition) is 7. The molecule has 1 saturated heterocycles. The summed E-state index contributed by atoms with van der Waals surface area (Å²) in [4.78, 5) is 26.9. The van der Waals surface area contributed by atoms with Crippen LogP contribution in [0.4, 0.5) is 11.1 Å². The molecule has 0 atom stereocenters. The summed E-state index contributed by atoms with van der Waals surface area (Å²) in [5, 5.41) is 5.04. The first-order valence-electron chi connectivity index (χ1n) is 7.63. The van der Waals surface area contributed by atoms with Gasteiger partial charge in [-0.05, 0) is 26.2 Å². The fourth-order valence-electron chi connectivity index (χ4n) is 2.41. The number of nitrogens with one attached hydrogen (secondary N) is 1. The summed E-state index contributed by atoms with van der Waals surface area (Å²) in [5.41, 5.74) is 0.830. The van der Waals surface area contributed by atoms with Crippen molar-refractivity contribution in [2.24, 2.45) is 0 Å². The zero-order valence-electron chi connectivity index (χ0n) is 13.0. The van der Waals surface area contributed by atoms with Gasteiger partial charge in [-0.2, -0.15) is 4.98 Å². The number of carbonyl (C=O) groups is 1. The minimum absolute atomic E-state index is 0.102. The van der Waals surface area contributed by atoms with Gasteiger partial charge in [0.1, 0.15) is 0 Å². The molecule has 0 aliphatic carbocycles. The molecule has 1 aliphatic heterocycles. The fourth-order valence-corrected chi connectivity index (χ4v) is 2.96. The van der Waals surface area contributed by atoms with E-state index in [4.69, 9.17) is 4.74 Å². The molecule has 1 aliphatic rings. The molecule has 0 spiro atoms. The average molecular weight is 333 g/mol. The predicted molar refractivity (Wildman–Crippen MR) is 89.1 cm³/mol. The molecule has 3 heterocycles. The SMILES string of the molecule is Cc1cc(OCC(=O)Nc2nccs2)nc(N2CCCCC2)n1. The molecule has 23 heavy (non-hydrogen) atoms. The summed E-state index contributed by atoms with van der Waals surface area (Å²) in [6.45, 7) is 3.73. The van der Waals surface area contributed by atoms with Gasteiger partial charge in [0.05, 0.1) is 0 Å². The molecule has 7 nitrogen and oxygen atoms in total.